The molecule has 3 heterocycles. The standard InChI is InChI=1S/C28H28N6O3/c29-16-20-21(33-24(15-27(35)36)25-17-31-22-6-1-2-7-23(22)34-25)8-3-9-26(20)37-14-12-19-11-10-18-5-4-13-30-28(18)32-19/h1-3,6-11,16-17,24,29,33H,4-5,12-15H2,(H,30,32)(H,35,36). The predicted octanol–water partition coefficient (Wildman–Crippen LogP) is 4.63. The van der Waals surface area contributed by atoms with Gasteiger partial charge in [-0.15, -0.1) is 0 Å². The van der Waals surface area contributed by atoms with Crippen molar-refractivity contribution in [3.05, 3.63) is 83.3 Å². The van der Waals surface area contributed by atoms with Gasteiger partial charge in [0.25, 0.3) is 0 Å². The number of para-hydroxylation sites is 2. The number of benzene rings is 2. The van der Waals surface area contributed by atoms with Crippen molar-refractivity contribution in [2.45, 2.75) is 31.7 Å². The fourth-order valence-corrected chi connectivity index (χ4v) is 4.45. The molecule has 1 aliphatic rings. The van der Waals surface area contributed by atoms with Crippen molar-refractivity contribution in [3.8, 4) is 5.75 Å². The number of fused-ring (bicyclic) bond motifs is 2. The number of carboxylic acids is 1. The van der Waals surface area contributed by atoms with Crippen LogP contribution in [0.1, 0.15) is 41.4 Å². The summed E-state index contributed by atoms with van der Waals surface area (Å²) in [5, 5.41) is 24.2. The summed E-state index contributed by atoms with van der Waals surface area (Å²) in [6, 6.07) is 16.4. The monoisotopic (exact) mass is 496 g/mol. The summed E-state index contributed by atoms with van der Waals surface area (Å²) >= 11 is 0. The van der Waals surface area contributed by atoms with Crippen LogP contribution < -0.4 is 15.4 Å². The lowest BCUT2D eigenvalue weighted by Gasteiger charge is -2.21. The highest BCUT2D eigenvalue weighted by Gasteiger charge is 2.20. The Bertz CT molecular complexity index is 1440. The van der Waals surface area contributed by atoms with Crippen LogP contribution in [0.25, 0.3) is 11.0 Å². The van der Waals surface area contributed by atoms with Gasteiger partial charge in [0.2, 0.25) is 0 Å². The first kappa shape index (κ1) is 24.2. The van der Waals surface area contributed by atoms with E-state index in [1.165, 1.54) is 11.8 Å². The summed E-state index contributed by atoms with van der Waals surface area (Å²) in [4.78, 5) is 25.4. The van der Waals surface area contributed by atoms with E-state index in [0.29, 0.717) is 41.2 Å². The van der Waals surface area contributed by atoms with Crippen molar-refractivity contribution < 1.29 is 14.6 Å². The lowest BCUT2D eigenvalue weighted by molar-refractivity contribution is -0.137. The molecule has 4 aromatic rings. The maximum atomic E-state index is 11.7. The van der Waals surface area contributed by atoms with E-state index in [1.54, 1.807) is 18.3 Å². The van der Waals surface area contributed by atoms with Gasteiger partial charge in [0.15, 0.2) is 0 Å². The van der Waals surface area contributed by atoms with Crippen molar-refractivity contribution >= 4 is 34.7 Å². The Morgan fingerprint density at radius 2 is 2.00 bits per heavy atom. The van der Waals surface area contributed by atoms with Crippen LogP contribution in [0, 0.1) is 5.41 Å². The molecule has 9 nitrogen and oxygen atoms in total. The zero-order valence-electron chi connectivity index (χ0n) is 20.3. The maximum absolute atomic E-state index is 11.7. The molecule has 0 bridgehead atoms. The normalized spacial score (nSPS) is 13.3. The first-order valence-electron chi connectivity index (χ1n) is 12.3. The van der Waals surface area contributed by atoms with E-state index in [4.69, 9.17) is 15.1 Å². The largest absolute Gasteiger partial charge is 0.492 e. The Morgan fingerprint density at radius 1 is 1.14 bits per heavy atom. The second kappa shape index (κ2) is 11.0. The van der Waals surface area contributed by atoms with Gasteiger partial charge in [-0.05, 0) is 48.7 Å². The molecule has 1 atom stereocenters. The molecular weight excluding hydrogens is 468 g/mol. The average molecular weight is 497 g/mol. The summed E-state index contributed by atoms with van der Waals surface area (Å²) in [6.07, 6.45) is 5.39. The highest BCUT2D eigenvalue weighted by atomic mass is 16.5. The molecule has 0 saturated carbocycles. The number of anilines is 2. The fourth-order valence-electron chi connectivity index (χ4n) is 4.45. The summed E-state index contributed by atoms with van der Waals surface area (Å²) in [7, 11) is 0. The molecule has 0 fully saturated rings. The molecular formula is C28H28N6O3. The molecule has 4 N–H and O–H groups in total. The number of carboxylic acid groups (broad SMARTS) is 1. The Morgan fingerprint density at radius 3 is 2.84 bits per heavy atom. The number of aryl methyl sites for hydroxylation is 1. The van der Waals surface area contributed by atoms with Gasteiger partial charge in [-0.3, -0.25) is 9.78 Å². The minimum absolute atomic E-state index is 0.201. The molecule has 0 spiro atoms. The third kappa shape index (κ3) is 5.66. The Balaban J connectivity index is 1.33. The minimum Gasteiger partial charge on any atom is -0.492 e. The van der Waals surface area contributed by atoms with Crippen molar-refractivity contribution in [2.24, 2.45) is 0 Å². The topological polar surface area (TPSA) is 133 Å². The van der Waals surface area contributed by atoms with Crippen molar-refractivity contribution in [2.75, 3.05) is 23.8 Å². The zero-order valence-corrected chi connectivity index (χ0v) is 20.3. The van der Waals surface area contributed by atoms with Crippen LogP contribution in [-0.4, -0.2) is 45.4 Å². The number of rotatable bonds is 10. The van der Waals surface area contributed by atoms with Gasteiger partial charge in [-0.2, -0.15) is 0 Å². The zero-order chi connectivity index (χ0) is 25.6. The lowest BCUT2D eigenvalue weighted by atomic mass is 10.1. The predicted molar refractivity (Wildman–Crippen MR) is 143 cm³/mol. The van der Waals surface area contributed by atoms with E-state index in [2.05, 4.69) is 26.7 Å². The average Bonchev–Trinajstić information content (AvgIpc) is 2.92. The van der Waals surface area contributed by atoms with Crippen molar-refractivity contribution in [3.63, 3.8) is 0 Å². The van der Waals surface area contributed by atoms with Crippen LogP contribution in [0.3, 0.4) is 0 Å². The number of aliphatic carboxylic acids is 1. The van der Waals surface area contributed by atoms with Gasteiger partial charge >= 0.3 is 5.97 Å². The molecule has 0 saturated heterocycles. The fraction of sp³-hybridized carbons (Fsp3) is 0.250. The minimum atomic E-state index is -0.969. The van der Waals surface area contributed by atoms with Gasteiger partial charge < -0.3 is 25.9 Å². The van der Waals surface area contributed by atoms with E-state index in [9.17, 15) is 9.90 Å². The number of hydrogen-bond donors (Lipinski definition) is 4. The van der Waals surface area contributed by atoms with Crippen molar-refractivity contribution in [1.82, 2.24) is 15.0 Å². The number of aromatic nitrogens is 3. The van der Waals surface area contributed by atoms with Crippen molar-refractivity contribution in [1.29, 1.82) is 5.41 Å². The second-order valence-electron chi connectivity index (χ2n) is 8.88. The number of nitrogens with one attached hydrogen (secondary N) is 3. The van der Waals surface area contributed by atoms with E-state index in [-0.39, 0.29) is 6.42 Å². The van der Waals surface area contributed by atoms with E-state index < -0.39 is 12.0 Å². The van der Waals surface area contributed by atoms with Gasteiger partial charge in [0.05, 0.1) is 47.6 Å². The second-order valence-corrected chi connectivity index (χ2v) is 8.88. The molecule has 0 radical (unpaired) electrons. The summed E-state index contributed by atoms with van der Waals surface area (Å²) < 4.78 is 6.05. The van der Waals surface area contributed by atoms with Gasteiger partial charge in [0.1, 0.15) is 11.6 Å². The van der Waals surface area contributed by atoms with E-state index in [0.717, 1.165) is 36.4 Å². The molecule has 0 aliphatic carbocycles. The van der Waals surface area contributed by atoms with Crippen LogP contribution >= 0.6 is 0 Å². The smallest absolute Gasteiger partial charge is 0.305 e. The van der Waals surface area contributed by atoms with Crippen LogP contribution in [0.5, 0.6) is 5.75 Å². The first-order valence-corrected chi connectivity index (χ1v) is 12.3. The van der Waals surface area contributed by atoms with Crippen LogP contribution in [0.15, 0.2) is 60.8 Å². The number of nitrogens with zero attached hydrogens (tertiary/aromatic N) is 3. The molecule has 9 heteroatoms. The van der Waals surface area contributed by atoms with Gasteiger partial charge in [-0.25, -0.2) is 9.97 Å². The molecule has 2 aromatic carbocycles. The molecule has 2 aromatic heterocycles. The number of ether oxygens (including phenoxy) is 1. The molecule has 1 unspecified atom stereocenters. The molecule has 188 valence electrons. The third-order valence-electron chi connectivity index (χ3n) is 6.31. The first-order chi connectivity index (χ1) is 18.1. The molecule has 1 aliphatic heterocycles. The number of pyridine rings is 1. The Hall–Kier alpha value is -4.53. The number of carbonyl (C=O) groups is 1. The highest BCUT2D eigenvalue weighted by molar-refractivity contribution is 5.90. The number of hydrogen-bond acceptors (Lipinski definition) is 8. The SMILES string of the molecule is N=Cc1c(NC(CC(=O)O)c2cnc3ccccc3n2)cccc1OCCc1ccc2c(n1)NCCC2. The molecule has 5 rings (SSSR count). The maximum Gasteiger partial charge on any atom is 0.305 e. The van der Waals surface area contributed by atoms with Gasteiger partial charge in [-0.1, -0.05) is 24.3 Å². The van der Waals surface area contributed by atoms with Crippen LogP contribution in [0.2, 0.25) is 0 Å². The molecule has 37 heavy (non-hydrogen) atoms. The Labute approximate surface area is 214 Å². The Kier molecular flexibility index (Phi) is 7.21. The van der Waals surface area contributed by atoms with Gasteiger partial charge in [0, 0.05) is 30.6 Å². The highest BCUT2D eigenvalue weighted by Crippen LogP contribution is 2.30. The quantitative estimate of drug-likeness (QED) is 0.234. The summed E-state index contributed by atoms with van der Waals surface area (Å²) in [6.45, 7) is 1.33. The third-order valence-corrected chi connectivity index (χ3v) is 6.31. The van der Waals surface area contributed by atoms with E-state index in [1.807, 2.05) is 36.4 Å². The lowest BCUT2D eigenvalue weighted by Crippen LogP contribution is -2.18. The molecule has 0 amide bonds. The van der Waals surface area contributed by atoms with Crippen LogP contribution in [-0.2, 0) is 17.6 Å². The van der Waals surface area contributed by atoms with E-state index >= 15 is 0 Å². The van der Waals surface area contributed by atoms with Crippen LogP contribution in [0.4, 0.5) is 11.5 Å². The summed E-state index contributed by atoms with van der Waals surface area (Å²) in [5.74, 6) is 0.523. The summed E-state index contributed by atoms with van der Waals surface area (Å²) in [5.41, 5.74) is 5.24.